The molecule has 5 atom stereocenters. The molecular weight excluding hydrogens is 408 g/mol. The summed E-state index contributed by atoms with van der Waals surface area (Å²) in [6.07, 6.45) is 0. The molecule has 0 aromatic heterocycles. The van der Waals surface area contributed by atoms with Gasteiger partial charge in [-0.1, -0.05) is 0 Å². The Kier molecular flexibility index (Phi) is 5.19. The van der Waals surface area contributed by atoms with Gasteiger partial charge in [-0.05, 0) is 26.3 Å². The van der Waals surface area contributed by atoms with Crippen LogP contribution in [0.2, 0.25) is 0 Å². The van der Waals surface area contributed by atoms with Crippen LogP contribution in [0.5, 0.6) is 0 Å². The van der Waals surface area contributed by atoms with Crippen LogP contribution in [0.1, 0.15) is 20.8 Å². The van der Waals surface area contributed by atoms with Crippen molar-refractivity contribution in [3.63, 3.8) is 0 Å². The van der Waals surface area contributed by atoms with E-state index in [0.29, 0.717) is 5.75 Å². The Morgan fingerprint density at radius 2 is 1.68 bits per heavy atom. The van der Waals surface area contributed by atoms with Crippen LogP contribution < -0.4 is 11.5 Å². The maximum atomic E-state index is 11.4. The number of carbonyl (C=O) groups is 4. The summed E-state index contributed by atoms with van der Waals surface area (Å²) in [7, 11) is 0. The molecule has 0 aromatic carbocycles. The molecule has 10 nitrogen and oxygen atoms in total. The molecule has 12 heteroatoms. The van der Waals surface area contributed by atoms with Crippen LogP contribution in [-0.2, 0) is 19.2 Å². The summed E-state index contributed by atoms with van der Waals surface area (Å²) in [5.74, 6) is -1.92. The molecule has 4 rings (SSSR count). The highest BCUT2D eigenvalue weighted by Gasteiger charge is 2.62. The standard InChI is InChI=1S/C8H12N2O3S.C8H10N2O3S/c1-8(2)4(7(12)13)10-5(11)3(9)6(10)14-8;1-3-2-14-7-4(9)6(11)10(7)5(3)8(12)13/h3-4,6H,9H2,1-2H3,(H,12,13);4,7H,2,9H2,1H3,(H,12,13)/t3-,4+,6-;4-,7-/m11/s1. The van der Waals surface area contributed by atoms with Crippen LogP contribution >= 0.6 is 23.5 Å². The second kappa shape index (κ2) is 6.94. The summed E-state index contributed by atoms with van der Waals surface area (Å²) in [4.78, 5) is 47.3. The Bertz CT molecular complexity index is 800. The molecule has 0 radical (unpaired) electrons. The number of carbonyl (C=O) groups excluding carboxylic acids is 2. The summed E-state index contributed by atoms with van der Waals surface area (Å²) in [5.41, 5.74) is 12.0. The topological polar surface area (TPSA) is 167 Å². The van der Waals surface area contributed by atoms with Gasteiger partial charge in [0.2, 0.25) is 11.8 Å². The van der Waals surface area contributed by atoms with Gasteiger partial charge in [-0.3, -0.25) is 14.5 Å². The number of nitrogens with zero attached hydrogens (tertiary/aromatic N) is 2. The van der Waals surface area contributed by atoms with Crippen LogP contribution in [0.25, 0.3) is 0 Å². The largest absolute Gasteiger partial charge is 0.480 e. The molecule has 2 amide bonds. The lowest BCUT2D eigenvalue weighted by atomic mass is 9.96. The number of β-lactam (4-membered cyclic amide) rings is 2. The SMILES string of the molecule is CC1(C)S[C@@H]2[C@H](N)C(=O)N2[C@H]1C(=O)O.CC1=C(C(=O)O)N2C(=O)[C@@H](N)[C@H]2SC1. The molecule has 154 valence electrons. The number of hydrogen-bond acceptors (Lipinski definition) is 8. The van der Waals surface area contributed by atoms with E-state index in [1.807, 2.05) is 13.8 Å². The molecule has 0 saturated carbocycles. The predicted octanol–water partition coefficient (Wildman–Crippen LogP) is -0.952. The van der Waals surface area contributed by atoms with Crippen molar-refractivity contribution in [2.45, 2.75) is 54.4 Å². The van der Waals surface area contributed by atoms with Crippen LogP contribution in [-0.4, -0.2) is 83.1 Å². The van der Waals surface area contributed by atoms with E-state index in [9.17, 15) is 19.2 Å². The minimum absolute atomic E-state index is 0.112. The number of thioether (sulfide) groups is 2. The minimum Gasteiger partial charge on any atom is -0.480 e. The summed E-state index contributed by atoms with van der Waals surface area (Å²) in [6.45, 7) is 5.38. The molecule has 0 spiro atoms. The first-order valence-electron chi connectivity index (χ1n) is 8.51. The van der Waals surface area contributed by atoms with Gasteiger partial charge >= 0.3 is 11.9 Å². The van der Waals surface area contributed by atoms with E-state index >= 15 is 0 Å². The second-order valence-corrected chi connectivity index (χ2v) is 10.4. The van der Waals surface area contributed by atoms with Crippen molar-refractivity contribution in [2.24, 2.45) is 11.5 Å². The van der Waals surface area contributed by atoms with Crippen molar-refractivity contribution in [3.05, 3.63) is 11.3 Å². The zero-order chi connectivity index (χ0) is 21.1. The van der Waals surface area contributed by atoms with Crippen LogP contribution in [0, 0.1) is 0 Å². The van der Waals surface area contributed by atoms with Crippen molar-refractivity contribution < 1.29 is 29.4 Å². The van der Waals surface area contributed by atoms with Crippen LogP contribution in [0.3, 0.4) is 0 Å². The molecule has 0 bridgehead atoms. The fourth-order valence-corrected chi connectivity index (χ4v) is 6.52. The van der Waals surface area contributed by atoms with Gasteiger partial charge < -0.3 is 26.6 Å². The van der Waals surface area contributed by atoms with Crippen LogP contribution in [0.4, 0.5) is 0 Å². The summed E-state index contributed by atoms with van der Waals surface area (Å²) in [6, 6.07) is -1.81. The highest BCUT2D eigenvalue weighted by Crippen LogP contribution is 2.50. The summed E-state index contributed by atoms with van der Waals surface area (Å²) in [5, 5.41) is 17.6. The van der Waals surface area contributed by atoms with E-state index in [2.05, 4.69) is 0 Å². The zero-order valence-corrected chi connectivity index (χ0v) is 17.1. The number of carboxylic acid groups (broad SMARTS) is 2. The summed E-state index contributed by atoms with van der Waals surface area (Å²) < 4.78 is -0.458. The Hall–Kier alpha value is -1.76. The molecule has 28 heavy (non-hydrogen) atoms. The zero-order valence-electron chi connectivity index (χ0n) is 15.5. The second-order valence-electron chi connectivity index (χ2n) is 7.49. The maximum absolute atomic E-state index is 11.4. The Labute approximate surface area is 169 Å². The first kappa shape index (κ1) is 21.0. The number of carboxylic acids is 2. The molecular formula is C16H22N4O6S2. The minimum atomic E-state index is -1.05. The van der Waals surface area contributed by atoms with Crippen molar-refractivity contribution in [1.82, 2.24) is 9.80 Å². The molecule has 0 aliphatic carbocycles. The first-order valence-corrected chi connectivity index (χ1v) is 10.4. The third kappa shape index (κ3) is 2.98. The lowest BCUT2D eigenvalue weighted by molar-refractivity contribution is -0.159. The molecule has 4 heterocycles. The third-order valence-electron chi connectivity index (χ3n) is 5.12. The Balaban J connectivity index is 0.000000161. The molecule has 4 aliphatic heterocycles. The van der Waals surface area contributed by atoms with Gasteiger partial charge in [0, 0.05) is 10.5 Å². The van der Waals surface area contributed by atoms with E-state index in [1.165, 1.54) is 33.3 Å². The highest BCUT2D eigenvalue weighted by atomic mass is 32.2. The summed E-state index contributed by atoms with van der Waals surface area (Å²) >= 11 is 2.98. The van der Waals surface area contributed by atoms with Crippen molar-refractivity contribution in [3.8, 4) is 0 Å². The van der Waals surface area contributed by atoms with Gasteiger partial charge in [0.25, 0.3) is 0 Å². The van der Waals surface area contributed by atoms with Gasteiger partial charge in [-0.15, -0.1) is 23.5 Å². The number of rotatable bonds is 2. The van der Waals surface area contributed by atoms with Crippen molar-refractivity contribution in [1.29, 1.82) is 0 Å². The Morgan fingerprint density at radius 1 is 1.11 bits per heavy atom. The van der Waals surface area contributed by atoms with E-state index in [1.54, 1.807) is 6.92 Å². The van der Waals surface area contributed by atoms with E-state index in [4.69, 9.17) is 21.7 Å². The Morgan fingerprint density at radius 3 is 2.21 bits per heavy atom. The fourth-order valence-electron chi connectivity index (χ4n) is 3.71. The lowest BCUT2D eigenvalue weighted by Crippen LogP contribution is -2.68. The number of aliphatic carboxylic acids is 2. The van der Waals surface area contributed by atoms with Gasteiger partial charge in [0.15, 0.2) is 0 Å². The van der Waals surface area contributed by atoms with E-state index in [-0.39, 0.29) is 28.3 Å². The van der Waals surface area contributed by atoms with Gasteiger partial charge in [-0.2, -0.15) is 0 Å². The number of amides is 2. The first-order chi connectivity index (χ1) is 12.9. The quantitative estimate of drug-likeness (QED) is 0.401. The average molecular weight is 431 g/mol. The average Bonchev–Trinajstić information content (AvgIpc) is 2.89. The predicted molar refractivity (Wildman–Crippen MR) is 103 cm³/mol. The molecule has 3 saturated heterocycles. The molecule has 3 fully saturated rings. The van der Waals surface area contributed by atoms with Crippen LogP contribution in [0.15, 0.2) is 11.3 Å². The van der Waals surface area contributed by atoms with Gasteiger partial charge in [0.1, 0.15) is 34.6 Å². The molecule has 0 aromatic rings. The number of fused-ring (bicyclic) bond motifs is 2. The van der Waals surface area contributed by atoms with Gasteiger partial charge in [0.05, 0.1) is 0 Å². The number of nitrogens with two attached hydrogens (primary N) is 2. The maximum Gasteiger partial charge on any atom is 0.352 e. The highest BCUT2D eigenvalue weighted by molar-refractivity contribution is 8.01. The van der Waals surface area contributed by atoms with Crippen molar-refractivity contribution in [2.75, 3.05) is 5.75 Å². The smallest absolute Gasteiger partial charge is 0.352 e. The normalized spacial score (nSPS) is 35.2. The molecule has 0 unspecified atom stereocenters. The third-order valence-corrected chi connectivity index (χ3v) is 8.16. The van der Waals surface area contributed by atoms with E-state index < -0.39 is 34.8 Å². The monoisotopic (exact) mass is 430 g/mol. The molecule has 4 aliphatic rings. The fraction of sp³-hybridized carbons (Fsp3) is 0.625. The molecule has 6 N–H and O–H groups in total. The lowest BCUT2D eigenvalue weighted by Gasteiger charge is -2.47. The van der Waals surface area contributed by atoms with Crippen molar-refractivity contribution >= 4 is 47.3 Å². The number of hydrogen-bond donors (Lipinski definition) is 4. The van der Waals surface area contributed by atoms with E-state index in [0.717, 1.165) is 5.57 Å². The van der Waals surface area contributed by atoms with Gasteiger partial charge in [-0.25, -0.2) is 9.59 Å².